The third kappa shape index (κ3) is 2.88. The second-order valence-electron chi connectivity index (χ2n) is 5.78. The van der Waals surface area contributed by atoms with E-state index in [-0.39, 0.29) is 12.8 Å². The molecule has 21 heavy (non-hydrogen) atoms. The van der Waals surface area contributed by atoms with Crippen LogP contribution in [0.2, 0.25) is 0 Å². The Kier molecular flexibility index (Phi) is 4.23. The summed E-state index contributed by atoms with van der Waals surface area (Å²) < 4.78 is 0. The van der Waals surface area contributed by atoms with Crippen molar-refractivity contribution in [2.75, 3.05) is 0 Å². The predicted molar refractivity (Wildman–Crippen MR) is 82.4 cm³/mol. The van der Waals surface area contributed by atoms with E-state index in [9.17, 15) is 19.8 Å². The summed E-state index contributed by atoms with van der Waals surface area (Å²) in [5, 5.41) is 19.2. The van der Waals surface area contributed by atoms with E-state index in [1.807, 2.05) is 30.3 Å². The van der Waals surface area contributed by atoms with Crippen LogP contribution in [0.5, 0.6) is 0 Å². The number of carboxylic acids is 2. The van der Waals surface area contributed by atoms with Gasteiger partial charge in [0.15, 0.2) is 0 Å². The lowest BCUT2D eigenvalue weighted by Gasteiger charge is -2.41. The van der Waals surface area contributed by atoms with Crippen LogP contribution in [-0.4, -0.2) is 27.0 Å². The molecule has 112 valence electrons. The highest BCUT2D eigenvalue weighted by molar-refractivity contribution is 9.09. The maximum atomic E-state index is 11.9. The molecule has 3 atom stereocenters. The number of allylic oxidation sites excluding steroid dienone is 1. The zero-order chi connectivity index (χ0) is 15.7. The molecule has 0 fully saturated rings. The molecule has 0 bridgehead atoms. The molecule has 0 amide bonds. The SMILES string of the molecule is CC1(C(=O)O)C=CC(Br)C(Cc2ccccc2)(C(=O)O)C1. The minimum atomic E-state index is -1.18. The number of benzene rings is 1. The second-order valence-corrected chi connectivity index (χ2v) is 6.77. The molecule has 1 aliphatic rings. The number of carbonyl (C=O) groups is 2. The molecule has 1 aromatic rings. The number of rotatable bonds is 4. The van der Waals surface area contributed by atoms with Crippen molar-refractivity contribution in [3.63, 3.8) is 0 Å². The molecule has 4 nitrogen and oxygen atoms in total. The zero-order valence-electron chi connectivity index (χ0n) is 11.6. The van der Waals surface area contributed by atoms with E-state index >= 15 is 0 Å². The molecule has 1 aromatic carbocycles. The maximum Gasteiger partial charge on any atom is 0.313 e. The Morgan fingerprint density at radius 3 is 2.38 bits per heavy atom. The first-order chi connectivity index (χ1) is 9.80. The van der Waals surface area contributed by atoms with Gasteiger partial charge < -0.3 is 10.2 Å². The number of aliphatic carboxylic acids is 2. The van der Waals surface area contributed by atoms with Gasteiger partial charge in [0.2, 0.25) is 0 Å². The van der Waals surface area contributed by atoms with E-state index < -0.39 is 27.6 Å². The molecule has 0 aliphatic heterocycles. The summed E-state index contributed by atoms with van der Waals surface area (Å²) in [5.74, 6) is -1.98. The summed E-state index contributed by atoms with van der Waals surface area (Å²) in [4.78, 5) is 23.0. The Bertz CT molecular complexity index is 583. The molecule has 0 radical (unpaired) electrons. The molecule has 5 heteroatoms. The maximum absolute atomic E-state index is 11.9. The Hall–Kier alpha value is -1.62. The van der Waals surface area contributed by atoms with Crippen molar-refractivity contribution in [3.05, 3.63) is 48.0 Å². The fourth-order valence-electron chi connectivity index (χ4n) is 2.83. The molecular formula is C16H17BrO4. The minimum Gasteiger partial charge on any atom is -0.481 e. The number of alkyl halides is 1. The summed E-state index contributed by atoms with van der Waals surface area (Å²) in [6.45, 7) is 1.56. The number of hydrogen-bond donors (Lipinski definition) is 2. The van der Waals surface area contributed by atoms with Gasteiger partial charge in [0.1, 0.15) is 0 Å². The lowest BCUT2D eigenvalue weighted by atomic mass is 9.64. The van der Waals surface area contributed by atoms with Crippen LogP contribution in [-0.2, 0) is 16.0 Å². The average molecular weight is 353 g/mol. The highest BCUT2D eigenvalue weighted by Crippen LogP contribution is 2.48. The molecule has 0 saturated heterocycles. The van der Waals surface area contributed by atoms with Gasteiger partial charge in [-0.05, 0) is 25.3 Å². The lowest BCUT2D eigenvalue weighted by Crippen LogP contribution is -2.48. The van der Waals surface area contributed by atoms with E-state index in [2.05, 4.69) is 15.9 Å². The first kappa shape index (κ1) is 15.8. The van der Waals surface area contributed by atoms with Crippen molar-refractivity contribution in [2.45, 2.75) is 24.6 Å². The molecule has 0 aromatic heterocycles. The van der Waals surface area contributed by atoms with Crippen LogP contribution in [0, 0.1) is 10.8 Å². The monoisotopic (exact) mass is 352 g/mol. The van der Waals surface area contributed by atoms with Gasteiger partial charge in [-0.3, -0.25) is 9.59 Å². The van der Waals surface area contributed by atoms with E-state index in [1.165, 1.54) is 0 Å². The Balaban J connectivity index is 2.44. The molecule has 0 heterocycles. The van der Waals surface area contributed by atoms with Crippen LogP contribution in [0.25, 0.3) is 0 Å². The molecule has 3 unspecified atom stereocenters. The number of carboxylic acid groups (broad SMARTS) is 2. The topological polar surface area (TPSA) is 74.6 Å². The van der Waals surface area contributed by atoms with Crippen LogP contribution in [0.3, 0.4) is 0 Å². The van der Waals surface area contributed by atoms with Gasteiger partial charge in [-0.25, -0.2) is 0 Å². The van der Waals surface area contributed by atoms with Gasteiger partial charge >= 0.3 is 11.9 Å². The lowest BCUT2D eigenvalue weighted by molar-refractivity contribution is -0.155. The number of halogens is 1. The standard InChI is InChI=1S/C16H17BrO4/c1-15(13(18)19)8-7-12(17)16(10-15,14(20)21)9-11-5-3-2-4-6-11/h2-8,12H,9-10H2,1H3,(H,18,19)(H,20,21). The van der Waals surface area contributed by atoms with E-state index in [0.717, 1.165) is 5.56 Å². The Labute approximate surface area is 131 Å². The van der Waals surface area contributed by atoms with Crippen molar-refractivity contribution in [3.8, 4) is 0 Å². The van der Waals surface area contributed by atoms with Crippen molar-refractivity contribution in [1.29, 1.82) is 0 Å². The van der Waals surface area contributed by atoms with Gasteiger partial charge in [-0.1, -0.05) is 58.4 Å². The van der Waals surface area contributed by atoms with Crippen LogP contribution in [0.1, 0.15) is 18.9 Å². The van der Waals surface area contributed by atoms with Gasteiger partial charge in [-0.2, -0.15) is 0 Å². The fourth-order valence-corrected chi connectivity index (χ4v) is 3.50. The van der Waals surface area contributed by atoms with E-state index in [4.69, 9.17) is 0 Å². The van der Waals surface area contributed by atoms with Gasteiger partial charge in [-0.15, -0.1) is 0 Å². The first-order valence-corrected chi connectivity index (χ1v) is 7.56. The summed E-state index contributed by atoms with van der Waals surface area (Å²) in [7, 11) is 0. The Morgan fingerprint density at radius 2 is 1.86 bits per heavy atom. The highest BCUT2D eigenvalue weighted by atomic mass is 79.9. The third-order valence-corrected chi connectivity index (χ3v) is 5.30. The molecule has 0 saturated carbocycles. The van der Waals surface area contributed by atoms with Gasteiger partial charge in [0, 0.05) is 4.83 Å². The highest BCUT2D eigenvalue weighted by Gasteiger charge is 2.52. The average Bonchev–Trinajstić information content (AvgIpc) is 2.44. The van der Waals surface area contributed by atoms with Crippen LogP contribution >= 0.6 is 15.9 Å². The van der Waals surface area contributed by atoms with E-state index in [1.54, 1.807) is 19.1 Å². The zero-order valence-corrected chi connectivity index (χ0v) is 13.2. The smallest absolute Gasteiger partial charge is 0.313 e. The molecule has 1 aliphatic carbocycles. The number of hydrogen-bond acceptors (Lipinski definition) is 2. The minimum absolute atomic E-state index is 0.0476. The third-order valence-electron chi connectivity index (χ3n) is 4.12. The van der Waals surface area contributed by atoms with Crippen LogP contribution in [0.4, 0.5) is 0 Å². The van der Waals surface area contributed by atoms with Gasteiger partial charge in [0.25, 0.3) is 0 Å². The summed E-state index contributed by atoms with van der Waals surface area (Å²) in [6, 6.07) is 9.29. The quantitative estimate of drug-likeness (QED) is 0.644. The van der Waals surface area contributed by atoms with Crippen molar-refractivity contribution in [2.24, 2.45) is 10.8 Å². The van der Waals surface area contributed by atoms with Gasteiger partial charge in [0.05, 0.1) is 10.8 Å². The first-order valence-electron chi connectivity index (χ1n) is 6.64. The molecule has 2 rings (SSSR count). The summed E-state index contributed by atoms with van der Waals surface area (Å²) in [5.41, 5.74) is -1.46. The predicted octanol–water partition coefficient (Wildman–Crippen LogP) is 3.11. The fraction of sp³-hybridized carbons (Fsp3) is 0.375. The summed E-state index contributed by atoms with van der Waals surface area (Å²) >= 11 is 3.41. The molecular weight excluding hydrogens is 336 g/mol. The Morgan fingerprint density at radius 1 is 1.24 bits per heavy atom. The van der Waals surface area contributed by atoms with Crippen molar-refractivity contribution >= 4 is 27.9 Å². The van der Waals surface area contributed by atoms with Crippen molar-refractivity contribution < 1.29 is 19.8 Å². The van der Waals surface area contributed by atoms with Crippen molar-refractivity contribution in [1.82, 2.24) is 0 Å². The molecule has 2 N–H and O–H groups in total. The van der Waals surface area contributed by atoms with E-state index in [0.29, 0.717) is 0 Å². The van der Waals surface area contributed by atoms with Crippen LogP contribution in [0.15, 0.2) is 42.5 Å². The second kappa shape index (κ2) is 5.64. The molecule has 0 spiro atoms. The largest absolute Gasteiger partial charge is 0.481 e. The van der Waals surface area contributed by atoms with Crippen LogP contribution < -0.4 is 0 Å². The summed E-state index contributed by atoms with van der Waals surface area (Å²) in [6.07, 6.45) is 3.56. The normalized spacial score (nSPS) is 31.8.